The Kier molecular flexibility index (Phi) is 10.6. The lowest BCUT2D eigenvalue weighted by atomic mass is 9.73. The molecule has 0 saturated heterocycles. The second kappa shape index (κ2) is 16.3. The van der Waals surface area contributed by atoms with E-state index in [1.165, 1.54) is 89.4 Å². The summed E-state index contributed by atoms with van der Waals surface area (Å²) in [5, 5.41) is 0. The molecular formula is C59H55N. The Hall–Kier alpha value is -6.44. The quantitative estimate of drug-likeness (QED) is 0.125. The van der Waals surface area contributed by atoms with Crippen molar-refractivity contribution in [1.29, 1.82) is 0 Å². The van der Waals surface area contributed by atoms with Gasteiger partial charge in [0.1, 0.15) is 0 Å². The van der Waals surface area contributed by atoms with Crippen molar-refractivity contribution < 1.29 is 0 Å². The molecule has 0 fully saturated rings. The predicted octanol–water partition coefficient (Wildman–Crippen LogP) is 16.6. The molecule has 0 spiro atoms. The highest BCUT2D eigenvalue weighted by molar-refractivity contribution is 5.89. The second-order valence-corrected chi connectivity index (χ2v) is 17.5. The number of benzene rings is 7. The SMILES string of the molecule is CCC1(CC)c2cc(/C=C/c3ccc(-c4cc(-c5ccccc5)ccc4-c4ccc(C(C)(C)C)cc4)cc3)ccc2-c2ccc(N(C3=CCCC=C3)c3ccccc3)cc21. The molecule has 0 aliphatic heterocycles. The van der Waals surface area contributed by atoms with Gasteiger partial charge in [0.05, 0.1) is 0 Å². The van der Waals surface area contributed by atoms with Crippen LogP contribution >= 0.6 is 0 Å². The summed E-state index contributed by atoms with van der Waals surface area (Å²) in [6, 6.07) is 60.9. The molecule has 2 aliphatic carbocycles. The molecule has 0 saturated carbocycles. The van der Waals surface area contributed by atoms with Gasteiger partial charge in [-0.2, -0.15) is 0 Å². The van der Waals surface area contributed by atoms with Crippen molar-refractivity contribution in [2.75, 3.05) is 4.90 Å². The molecule has 0 N–H and O–H groups in total. The van der Waals surface area contributed by atoms with Crippen molar-refractivity contribution in [3.05, 3.63) is 216 Å². The highest BCUT2D eigenvalue weighted by atomic mass is 15.1. The molecule has 60 heavy (non-hydrogen) atoms. The minimum atomic E-state index is -0.0512. The Morgan fingerprint density at radius 3 is 1.75 bits per heavy atom. The van der Waals surface area contributed by atoms with E-state index in [1.54, 1.807) is 0 Å². The van der Waals surface area contributed by atoms with Crippen LogP contribution in [0.1, 0.15) is 88.1 Å². The van der Waals surface area contributed by atoms with Gasteiger partial charge in [0.25, 0.3) is 0 Å². The molecule has 0 bridgehead atoms. The number of nitrogens with zero attached hydrogens (tertiary/aromatic N) is 1. The molecule has 9 rings (SSSR count). The molecule has 1 nitrogen and oxygen atoms in total. The van der Waals surface area contributed by atoms with Crippen molar-refractivity contribution >= 4 is 23.5 Å². The molecule has 7 aromatic rings. The smallest absolute Gasteiger partial charge is 0.0464 e. The summed E-state index contributed by atoms with van der Waals surface area (Å²) in [6.07, 6.45) is 15.8. The van der Waals surface area contributed by atoms with Crippen LogP contribution in [0.4, 0.5) is 11.4 Å². The highest BCUT2D eigenvalue weighted by Crippen LogP contribution is 2.54. The average molecular weight is 778 g/mol. The summed E-state index contributed by atoms with van der Waals surface area (Å²) in [7, 11) is 0. The van der Waals surface area contributed by atoms with Crippen molar-refractivity contribution in [3.63, 3.8) is 0 Å². The van der Waals surface area contributed by atoms with Gasteiger partial charge in [-0.3, -0.25) is 0 Å². The molecule has 7 aromatic carbocycles. The Bertz CT molecular complexity index is 2720. The maximum Gasteiger partial charge on any atom is 0.0464 e. The summed E-state index contributed by atoms with van der Waals surface area (Å²) in [6.45, 7) is 11.5. The van der Waals surface area contributed by atoms with E-state index in [0.29, 0.717) is 0 Å². The highest BCUT2D eigenvalue weighted by Gasteiger charge is 2.41. The van der Waals surface area contributed by atoms with E-state index < -0.39 is 0 Å². The van der Waals surface area contributed by atoms with E-state index in [0.717, 1.165) is 25.7 Å². The topological polar surface area (TPSA) is 3.24 Å². The third kappa shape index (κ3) is 7.39. The van der Waals surface area contributed by atoms with Crippen LogP contribution in [-0.2, 0) is 10.8 Å². The zero-order valence-electron chi connectivity index (χ0n) is 35.8. The van der Waals surface area contributed by atoms with Crippen molar-refractivity contribution in [3.8, 4) is 44.5 Å². The van der Waals surface area contributed by atoms with Crippen molar-refractivity contribution in [2.45, 2.75) is 71.1 Å². The average Bonchev–Trinajstić information content (AvgIpc) is 3.57. The number of rotatable bonds is 10. The lowest BCUT2D eigenvalue weighted by Gasteiger charge is -2.32. The van der Waals surface area contributed by atoms with Gasteiger partial charge in [-0.05, 0) is 140 Å². The van der Waals surface area contributed by atoms with Crippen molar-refractivity contribution in [2.24, 2.45) is 0 Å². The lowest BCUT2D eigenvalue weighted by molar-refractivity contribution is 0.490. The van der Waals surface area contributed by atoms with E-state index in [-0.39, 0.29) is 10.8 Å². The number of hydrogen-bond acceptors (Lipinski definition) is 1. The molecule has 0 radical (unpaired) electrons. The molecule has 296 valence electrons. The summed E-state index contributed by atoms with van der Waals surface area (Å²) >= 11 is 0. The molecule has 1 heteroatoms. The first-order chi connectivity index (χ1) is 29.3. The Morgan fingerprint density at radius 1 is 0.500 bits per heavy atom. The van der Waals surface area contributed by atoms with Gasteiger partial charge in [-0.15, -0.1) is 0 Å². The van der Waals surface area contributed by atoms with Crippen LogP contribution in [0.2, 0.25) is 0 Å². The first-order valence-electron chi connectivity index (χ1n) is 21.9. The first kappa shape index (κ1) is 39.0. The van der Waals surface area contributed by atoms with Gasteiger partial charge in [0, 0.05) is 22.5 Å². The Labute approximate surface area is 358 Å². The van der Waals surface area contributed by atoms with Gasteiger partial charge < -0.3 is 4.90 Å². The van der Waals surface area contributed by atoms with Gasteiger partial charge >= 0.3 is 0 Å². The summed E-state index contributed by atoms with van der Waals surface area (Å²) < 4.78 is 0. The maximum absolute atomic E-state index is 2.48. The molecule has 2 aliphatic rings. The van der Waals surface area contributed by atoms with Crippen LogP contribution in [0.5, 0.6) is 0 Å². The van der Waals surface area contributed by atoms with Crippen LogP contribution in [-0.4, -0.2) is 0 Å². The van der Waals surface area contributed by atoms with E-state index in [1.807, 2.05) is 0 Å². The number of anilines is 2. The summed E-state index contributed by atoms with van der Waals surface area (Å²) in [5.41, 5.74) is 20.5. The maximum atomic E-state index is 2.48. The molecule has 0 amide bonds. The normalized spacial score (nSPS) is 14.2. The zero-order valence-corrected chi connectivity index (χ0v) is 35.8. The van der Waals surface area contributed by atoms with Crippen LogP contribution in [0, 0.1) is 0 Å². The van der Waals surface area contributed by atoms with Gasteiger partial charge in [-0.25, -0.2) is 0 Å². The molecule has 0 aromatic heterocycles. The monoisotopic (exact) mass is 777 g/mol. The fourth-order valence-electron chi connectivity index (χ4n) is 9.51. The molecule has 0 unspecified atom stereocenters. The number of hydrogen-bond donors (Lipinski definition) is 0. The fraction of sp³-hybridized carbons (Fsp3) is 0.186. The van der Waals surface area contributed by atoms with Crippen LogP contribution < -0.4 is 4.90 Å². The van der Waals surface area contributed by atoms with E-state index in [9.17, 15) is 0 Å². The summed E-state index contributed by atoms with van der Waals surface area (Å²) in [4.78, 5) is 2.43. The number of allylic oxidation sites excluding steroid dienone is 3. The molecule has 0 atom stereocenters. The van der Waals surface area contributed by atoms with E-state index in [4.69, 9.17) is 0 Å². The Morgan fingerprint density at radius 2 is 1.08 bits per heavy atom. The third-order valence-electron chi connectivity index (χ3n) is 13.0. The van der Waals surface area contributed by atoms with Gasteiger partial charge in [0.2, 0.25) is 0 Å². The number of para-hydroxylation sites is 1. The van der Waals surface area contributed by atoms with Gasteiger partial charge in [0.15, 0.2) is 0 Å². The molecule has 0 heterocycles. The van der Waals surface area contributed by atoms with Crippen LogP contribution in [0.15, 0.2) is 188 Å². The minimum Gasteiger partial charge on any atom is -0.311 e. The Balaban J connectivity index is 1.02. The standard InChI is InChI=1S/C59H55N/c1-6-59(7-2)56-39-43(27-36-53(56)54-38-35-51(41-57(54)59)60(49-19-13-9-14-20-49)50-21-15-10-16-22-50)24-23-42-25-28-46(29-26-42)55-40-47(44-17-11-8-12-18-44)32-37-52(55)45-30-33-48(34-31-45)58(3,4)5/h8-9,11-15,17-41H,6-7,10,16H2,1-5H3/b24-23+. The van der Waals surface area contributed by atoms with Crippen LogP contribution in [0.3, 0.4) is 0 Å². The van der Waals surface area contributed by atoms with Crippen molar-refractivity contribution in [1.82, 2.24) is 0 Å². The largest absolute Gasteiger partial charge is 0.311 e. The second-order valence-electron chi connectivity index (χ2n) is 17.5. The third-order valence-corrected chi connectivity index (χ3v) is 13.0. The summed E-state index contributed by atoms with van der Waals surface area (Å²) in [5.74, 6) is 0. The zero-order chi connectivity index (χ0) is 41.3. The first-order valence-corrected chi connectivity index (χ1v) is 21.9. The van der Waals surface area contributed by atoms with E-state index in [2.05, 4.69) is 234 Å². The van der Waals surface area contributed by atoms with E-state index >= 15 is 0 Å². The minimum absolute atomic E-state index is 0.0512. The number of fused-ring (bicyclic) bond motifs is 3. The lowest BCUT2D eigenvalue weighted by Crippen LogP contribution is -2.24. The van der Waals surface area contributed by atoms with Gasteiger partial charge in [-0.1, -0.05) is 192 Å². The van der Waals surface area contributed by atoms with Crippen LogP contribution in [0.25, 0.3) is 56.7 Å². The fourth-order valence-corrected chi connectivity index (χ4v) is 9.51. The molecular weight excluding hydrogens is 723 g/mol. The predicted molar refractivity (Wildman–Crippen MR) is 259 cm³/mol.